The molecule has 1 aromatic carbocycles. The number of carbonyl (C=O) groups is 1. The van der Waals surface area contributed by atoms with Crippen LogP contribution in [-0.4, -0.2) is 60.3 Å². The van der Waals surface area contributed by atoms with Crippen molar-refractivity contribution in [1.29, 1.82) is 0 Å². The lowest BCUT2D eigenvalue weighted by molar-refractivity contribution is -0.385. The Morgan fingerprint density at radius 2 is 1.91 bits per heavy atom. The van der Waals surface area contributed by atoms with Crippen LogP contribution in [0.5, 0.6) is 5.75 Å². The molecule has 35 heavy (non-hydrogen) atoms. The molecule has 2 heterocycles. The van der Waals surface area contributed by atoms with E-state index in [0.29, 0.717) is 30.9 Å². The number of nitrogens with zero attached hydrogens (tertiary/aromatic N) is 4. The van der Waals surface area contributed by atoms with Crippen molar-refractivity contribution in [3.05, 3.63) is 63.7 Å². The van der Waals surface area contributed by atoms with E-state index >= 15 is 0 Å². The minimum atomic E-state index is -2.10. The maximum atomic E-state index is 13.7. The molecule has 0 saturated heterocycles. The Morgan fingerprint density at radius 3 is 2.49 bits per heavy atom. The number of carbonyl (C=O) groups excluding carboxylic acids is 1. The molecule has 1 aliphatic rings. The largest absolute Gasteiger partial charge is 0.496 e. The first-order valence-electron chi connectivity index (χ1n) is 11.6. The molecule has 1 amide bonds. The number of amides is 1. The molecule has 0 bridgehead atoms. The first-order chi connectivity index (χ1) is 16.4. The summed E-state index contributed by atoms with van der Waals surface area (Å²) in [4.78, 5) is 34.9. The molecule has 2 aromatic rings. The molecule has 0 N–H and O–H groups in total. The molecule has 188 valence electrons. The Kier molecular flexibility index (Phi) is 7.76. The normalized spacial score (nSPS) is 16.6. The van der Waals surface area contributed by atoms with Crippen LogP contribution in [-0.2, 0) is 4.43 Å². The summed E-state index contributed by atoms with van der Waals surface area (Å²) in [6, 6.07) is 2.46. The number of hydrogen-bond donors (Lipinski definition) is 0. The van der Waals surface area contributed by atoms with Crippen molar-refractivity contribution >= 4 is 25.5 Å². The van der Waals surface area contributed by atoms with Crippen LogP contribution < -0.4 is 4.74 Å². The SMILES string of the molecule is COc1cc(C(=O)N2CCC(c3cncnc3)=C[C@H]2CO[Si](C)(C)C(C)(C)C)c([N+](=O)[O-])cc1C. The van der Waals surface area contributed by atoms with Gasteiger partial charge in [-0.2, -0.15) is 0 Å². The molecular weight excluding hydrogens is 464 g/mol. The smallest absolute Gasteiger partial charge is 0.282 e. The van der Waals surface area contributed by atoms with Crippen molar-refractivity contribution in [3.8, 4) is 5.75 Å². The Morgan fingerprint density at radius 1 is 1.26 bits per heavy atom. The number of nitro benzene ring substituents is 1. The fraction of sp³-hybridized carbons (Fsp3) is 0.480. The topological polar surface area (TPSA) is 108 Å². The third-order valence-corrected chi connectivity index (χ3v) is 11.5. The maximum absolute atomic E-state index is 13.7. The quantitative estimate of drug-likeness (QED) is 0.299. The molecule has 1 aliphatic heterocycles. The van der Waals surface area contributed by atoms with Crippen molar-refractivity contribution in [2.45, 2.75) is 58.3 Å². The fourth-order valence-corrected chi connectivity index (χ4v) is 4.81. The first-order valence-corrected chi connectivity index (χ1v) is 14.5. The maximum Gasteiger partial charge on any atom is 0.282 e. The Balaban J connectivity index is 2.01. The molecule has 0 unspecified atom stereocenters. The minimum absolute atomic E-state index is 0.000566. The fourth-order valence-electron chi connectivity index (χ4n) is 3.79. The van der Waals surface area contributed by atoms with Gasteiger partial charge in [0.2, 0.25) is 0 Å². The lowest BCUT2D eigenvalue weighted by Gasteiger charge is -2.40. The van der Waals surface area contributed by atoms with Gasteiger partial charge >= 0.3 is 0 Å². The predicted molar refractivity (Wildman–Crippen MR) is 137 cm³/mol. The van der Waals surface area contributed by atoms with Crippen LogP contribution in [0, 0.1) is 17.0 Å². The van der Waals surface area contributed by atoms with E-state index < -0.39 is 25.2 Å². The summed E-state index contributed by atoms with van der Waals surface area (Å²) in [6.45, 7) is 13.2. The van der Waals surface area contributed by atoms with Gasteiger partial charge in [-0.3, -0.25) is 14.9 Å². The number of rotatable bonds is 7. The average molecular weight is 499 g/mol. The van der Waals surface area contributed by atoms with Gasteiger partial charge in [-0.05, 0) is 42.6 Å². The third-order valence-electron chi connectivity index (χ3n) is 6.97. The number of ether oxygens (including phenoxy) is 1. The van der Waals surface area contributed by atoms with Gasteiger partial charge in [0.25, 0.3) is 11.6 Å². The first kappa shape index (κ1) is 26.5. The Hall–Kier alpha value is -3.11. The van der Waals surface area contributed by atoms with Crippen molar-refractivity contribution in [2.24, 2.45) is 0 Å². The van der Waals surface area contributed by atoms with E-state index in [2.05, 4.69) is 43.8 Å². The molecule has 10 heteroatoms. The molecule has 1 atom stereocenters. The zero-order chi connectivity index (χ0) is 26.0. The summed E-state index contributed by atoms with van der Waals surface area (Å²) >= 11 is 0. The molecule has 1 aromatic heterocycles. The molecule has 0 saturated carbocycles. The average Bonchev–Trinajstić information content (AvgIpc) is 2.81. The number of aromatic nitrogens is 2. The van der Waals surface area contributed by atoms with Crippen LogP contribution in [0.15, 0.2) is 36.9 Å². The summed E-state index contributed by atoms with van der Waals surface area (Å²) in [7, 11) is -0.623. The van der Waals surface area contributed by atoms with Gasteiger partial charge in [0.15, 0.2) is 8.32 Å². The zero-order valence-corrected chi connectivity index (χ0v) is 22.5. The van der Waals surface area contributed by atoms with E-state index in [1.165, 1.54) is 25.6 Å². The van der Waals surface area contributed by atoms with Crippen molar-refractivity contribution in [1.82, 2.24) is 14.9 Å². The Labute approximate surface area is 207 Å². The lowest BCUT2D eigenvalue weighted by Crippen LogP contribution is -2.49. The van der Waals surface area contributed by atoms with Gasteiger partial charge in [0.1, 0.15) is 17.6 Å². The molecular formula is C25H34N4O5Si. The van der Waals surface area contributed by atoms with Crippen LogP contribution in [0.2, 0.25) is 18.1 Å². The molecule has 0 radical (unpaired) electrons. The van der Waals surface area contributed by atoms with Crippen LogP contribution in [0.1, 0.15) is 48.7 Å². The van der Waals surface area contributed by atoms with Crippen molar-refractivity contribution in [3.63, 3.8) is 0 Å². The van der Waals surface area contributed by atoms with Gasteiger partial charge < -0.3 is 14.1 Å². The standard InChI is InChI=1S/C25H34N4O5Si/c1-17-10-22(29(31)32)21(12-23(17)33-5)24(30)28-9-8-18(19-13-26-16-27-14-19)11-20(28)15-34-35(6,7)25(2,3)4/h10-14,16,20H,8-9,15H2,1-7H3/t20-/m0/s1. The second-order valence-corrected chi connectivity index (χ2v) is 15.1. The molecule has 0 fully saturated rings. The van der Waals surface area contributed by atoms with Crippen LogP contribution >= 0.6 is 0 Å². The number of methoxy groups -OCH3 is 1. The van der Waals surface area contributed by atoms with E-state index in [1.54, 1.807) is 24.2 Å². The minimum Gasteiger partial charge on any atom is -0.496 e. The molecule has 3 rings (SSSR count). The van der Waals surface area contributed by atoms with Gasteiger partial charge in [-0.15, -0.1) is 0 Å². The van der Waals surface area contributed by atoms with E-state index in [-0.39, 0.29) is 16.3 Å². The monoisotopic (exact) mass is 498 g/mol. The van der Waals surface area contributed by atoms with Crippen molar-refractivity contribution in [2.75, 3.05) is 20.3 Å². The summed E-state index contributed by atoms with van der Waals surface area (Å²) in [5.41, 5.74) is 2.28. The molecule has 0 aliphatic carbocycles. The summed E-state index contributed by atoms with van der Waals surface area (Å²) < 4.78 is 11.8. The number of benzene rings is 1. The highest BCUT2D eigenvalue weighted by Gasteiger charge is 2.39. The van der Waals surface area contributed by atoms with Gasteiger partial charge in [-0.1, -0.05) is 26.8 Å². The second-order valence-electron chi connectivity index (χ2n) is 10.3. The molecule has 9 nitrogen and oxygen atoms in total. The van der Waals surface area contributed by atoms with Gasteiger partial charge in [-0.25, -0.2) is 9.97 Å². The highest BCUT2D eigenvalue weighted by molar-refractivity contribution is 6.74. The van der Waals surface area contributed by atoms with E-state index in [9.17, 15) is 14.9 Å². The van der Waals surface area contributed by atoms with Gasteiger partial charge in [0.05, 0.1) is 24.7 Å². The lowest BCUT2D eigenvalue weighted by atomic mass is 9.96. The van der Waals surface area contributed by atoms with E-state index in [1.807, 2.05) is 6.08 Å². The molecule has 0 spiro atoms. The highest BCUT2D eigenvalue weighted by atomic mass is 28.4. The van der Waals surface area contributed by atoms with Gasteiger partial charge in [0, 0.05) is 36.6 Å². The third kappa shape index (κ3) is 5.76. The number of aryl methyl sites for hydroxylation is 1. The van der Waals surface area contributed by atoms with E-state index in [0.717, 1.165) is 11.1 Å². The van der Waals surface area contributed by atoms with Crippen molar-refractivity contribution < 1.29 is 18.9 Å². The Bertz CT molecular complexity index is 1130. The zero-order valence-electron chi connectivity index (χ0n) is 21.5. The van der Waals surface area contributed by atoms with Crippen LogP contribution in [0.3, 0.4) is 0 Å². The summed E-state index contributed by atoms with van der Waals surface area (Å²) in [6.07, 6.45) is 7.55. The highest BCUT2D eigenvalue weighted by Crippen LogP contribution is 2.38. The van der Waals surface area contributed by atoms with E-state index in [4.69, 9.17) is 9.16 Å². The predicted octanol–water partition coefficient (Wildman–Crippen LogP) is 5.02. The summed E-state index contributed by atoms with van der Waals surface area (Å²) in [5.74, 6) is 0.0149. The second kappa shape index (κ2) is 10.2. The summed E-state index contributed by atoms with van der Waals surface area (Å²) in [5, 5.41) is 11.8. The van der Waals surface area contributed by atoms with Crippen LogP contribution in [0.25, 0.3) is 5.57 Å². The number of nitro groups is 1. The van der Waals surface area contributed by atoms with Crippen LogP contribution in [0.4, 0.5) is 5.69 Å². The number of hydrogen-bond acceptors (Lipinski definition) is 7.